The van der Waals surface area contributed by atoms with Gasteiger partial charge in [-0.3, -0.25) is 4.98 Å². The summed E-state index contributed by atoms with van der Waals surface area (Å²) in [5.74, 6) is 0. The number of nitrogens with zero attached hydrogens (tertiary/aromatic N) is 2. The first-order valence-electron chi connectivity index (χ1n) is 8.06. The molecule has 7 heteroatoms. The number of thiophene rings is 2. The molecule has 25 heavy (non-hydrogen) atoms. The Labute approximate surface area is 158 Å². The summed E-state index contributed by atoms with van der Waals surface area (Å²) in [6.07, 6.45) is 2.67. The van der Waals surface area contributed by atoms with Crippen molar-refractivity contribution in [2.24, 2.45) is 5.73 Å². The van der Waals surface area contributed by atoms with Crippen molar-refractivity contribution in [1.82, 2.24) is 9.36 Å². The highest BCUT2D eigenvalue weighted by molar-refractivity contribution is 7.25. The fourth-order valence-electron chi connectivity index (χ4n) is 2.75. The van der Waals surface area contributed by atoms with Crippen LogP contribution in [0.2, 0.25) is 0 Å². The highest BCUT2D eigenvalue weighted by atomic mass is 32.1. The Morgan fingerprint density at radius 2 is 2.16 bits per heavy atom. The molecule has 0 aromatic carbocycles. The lowest BCUT2D eigenvalue weighted by Gasteiger charge is -2.06. The van der Waals surface area contributed by atoms with Crippen molar-refractivity contribution < 1.29 is 0 Å². The molecular weight excluding hydrogens is 368 g/mol. The zero-order valence-corrected chi connectivity index (χ0v) is 16.2. The summed E-state index contributed by atoms with van der Waals surface area (Å²) in [5, 5.41) is 6.77. The van der Waals surface area contributed by atoms with E-state index in [1.807, 2.05) is 31.3 Å². The summed E-state index contributed by atoms with van der Waals surface area (Å²) in [6, 6.07) is 10.3. The smallest absolute Gasteiger partial charge is 0.127 e. The maximum absolute atomic E-state index is 6.08. The molecule has 0 bridgehead atoms. The molecule has 0 spiro atoms. The third kappa shape index (κ3) is 3.46. The average Bonchev–Trinajstić information content (AvgIpc) is 3.30. The van der Waals surface area contributed by atoms with E-state index in [0.717, 1.165) is 34.7 Å². The Hall–Kier alpha value is -1.80. The fourth-order valence-corrected chi connectivity index (χ4v) is 5.67. The minimum atomic E-state index is 0.108. The van der Waals surface area contributed by atoms with Crippen LogP contribution in [0, 0.1) is 0 Å². The van der Waals surface area contributed by atoms with Crippen molar-refractivity contribution in [2.45, 2.75) is 25.9 Å². The van der Waals surface area contributed by atoms with E-state index in [9.17, 15) is 0 Å². The molecule has 128 valence electrons. The van der Waals surface area contributed by atoms with Gasteiger partial charge in [-0.15, -0.1) is 22.7 Å². The van der Waals surface area contributed by atoms with Crippen molar-refractivity contribution in [3.63, 3.8) is 0 Å². The summed E-state index contributed by atoms with van der Waals surface area (Å²) < 4.78 is 5.94. The van der Waals surface area contributed by atoms with Crippen molar-refractivity contribution in [2.75, 3.05) is 5.32 Å². The van der Waals surface area contributed by atoms with E-state index >= 15 is 0 Å². The van der Waals surface area contributed by atoms with Gasteiger partial charge >= 0.3 is 0 Å². The van der Waals surface area contributed by atoms with E-state index in [0.29, 0.717) is 0 Å². The first-order valence-corrected chi connectivity index (χ1v) is 10.5. The molecule has 3 N–H and O–H groups in total. The van der Waals surface area contributed by atoms with Crippen molar-refractivity contribution in [3.8, 4) is 11.3 Å². The van der Waals surface area contributed by atoms with E-state index in [1.165, 1.54) is 26.0 Å². The van der Waals surface area contributed by atoms with Gasteiger partial charge in [0.15, 0.2) is 0 Å². The van der Waals surface area contributed by atoms with Crippen LogP contribution < -0.4 is 11.1 Å². The average molecular weight is 387 g/mol. The van der Waals surface area contributed by atoms with Gasteiger partial charge in [0.2, 0.25) is 0 Å². The predicted octanol–water partition coefficient (Wildman–Crippen LogP) is 4.98. The Morgan fingerprint density at radius 1 is 1.24 bits per heavy atom. The third-order valence-electron chi connectivity index (χ3n) is 3.82. The van der Waals surface area contributed by atoms with Crippen LogP contribution >= 0.6 is 34.2 Å². The minimum Gasteiger partial charge on any atom is -0.370 e. The lowest BCUT2D eigenvalue weighted by Crippen LogP contribution is -2.17. The lowest BCUT2D eigenvalue weighted by atomic mass is 10.1. The standard InChI is InChI=1S/C18H18N4S3/c1-11(19)9-14-15(13-6-2-3-7-20-13)16-17(24-14)18(25-22-16)21-10-12-5-4-8-23-12/h2-8,11,21H,9-10,19H2,1H3/t11-/m0/s1. The minimum absolute atomic E-state index is 0.108. The molecule has 0 aliphatic rings. The number of anilines is 1. The second-order valence-corrected chi connectivity index (χ2v) is 8.83. The van der Waals surface area contributed by atoms with E-state index < -0.39 is 0 Å². The summed E-state index contributed by atoms with van der Waals surface area (Å²) in [5.41, 5.74) is 9.23. The first kappa shape index (κ1) is 16.7. The number of hydrogen-bond acceptors (Lipinski definition) is 7. The number of aromatic nitrogens is 2. The van der Waals surface area contributed by atoms with Crippen LogP contribution in [0.15, 0.2) is 41.9 Å². The molecule has 0 radical (unpaired) electrons. The van der Waals surface area contributed by atoms with Crippen LogP contribution in [0.4, 0.5) is 5.00 Å². The second kappa shape index (κ2) is 7.21. The number of pyridine rings is 1. The molecule has 0 saturated heterocycles. The van der Waals surface area contributed by atoms with Gasteiger partial charge in [0.1, 0.15) is 10.5 Å². The molecule has 0 aliphatic heterocycles. The predicted molar refractivity (Wildman–Crippen MR) is 110 cm³/mol. The van der Waals surface area contributed by atoms with E-state index in [2.05, 4.69) is 27.8 Å². The molecule has 0 unspecified atom stereocenters. The zero-order valence-electron chi connectivity index (χ0n) is 13.7. The molecule has 4 aromatic heterocycles. The Morgan fingerprint density at radius 3 is 2.88 bits per heavy atom. The van der Waals surface area contributed by atoms with Crippen LogP contribution in [0.1, 0.15) is 16.7 Å². The molecule has 4 heterocycles. The lowest BCUT2D eigenvalue weighted by molar-refractivity contribution is 0.747. The largest absolute Gasteiger partial charge is 0.370 e. The normalized spacial score (nSPS) is 12.6. The van der Waals surface area contributed by atoms with Gasteiger partial charge in [-0.1, -0.05) is 12.1 Å². The van der Waals surface area contributed by atoms with E-state index in [1.54, 1.807) is 22.7 Å². The summed E-state index contributed by atoms with van der Waals surface area (Å²) in [6.45, 7) is 2.87. The van der Waals surface area contributed by atoms with Gasteiger partial charge in [-0.05, 0) is 48.5 Å². The van der Waals surface area contributed by atoms with E-state index in [-0.39, 0.29) is 6.04 Å². The second-order valence-electron chi connectivity index (χ2n) is 5.92. The van der Waals surface area contributed by atoms with Gasteiger partial charge in [0.05, 0.1) is 16.9 Å². The number of hydrogen-bond donors (Lipinski definition) is 2. The summed E-state index contributed by atoms with van der Waals surface area (Å²) >= 11 is 5.07. The van der Waals surface area contributed by atoms with Crippen molar-refractivity contribution in [3.05, 3.63) is 51.7 Å². The van der Waals surface area contributed by atoms with Crippen LogP contribution in [0.3, 0.4) is 0 Å². The summed E-state index contributed by atoms with van der Waals surface area (Å²) in [7, 11) is 0. The Balaban J connectivity index is 1.74. The van der Waals surface area contributed by atoms with Crippen molar-refractivity contribution in [1.29, 1.82) is 0 Å². The molecule has 4 nitrogen and oxygen atoms in total. The Kier molecular flexibility index (Phi) is 4.80. The molecule has 0 saturated carbocycles. The molecule has 4 aromatic rings. The molecule has 4 rings (SSSR count). The maximum atomic E-state index is 6.08. The maximum Gasteiger partial charge on any atom is 0.127 e. The van der Waals surface area contributed by atoms with Crippen LogP contribution in [-0.4, -0.2) is 15.4 Å². The fraction of sp³-hybridized carbons (Fsp3) is 0.222. The highest BCUT2D eigenvalue weighted by Crippen LogP contribution is 2.43. The molecule has 0 fully saturated rings. The molecule has 0 amide bonds. The van der Waals surface area contributed by atoms with Crippen LogP contribution in [0.25, 0.3) is 21.5 Å². The molecule has 0 aliphatic carbocycles. The molecule has 1 atom stereocenters. The molecular formula is C18H18N4S3. The number of nitrogens with two attached hydrogens (primary N) is 1. The first-order chi connectivity index (χ1) is 12.2. The number of rotatable bonds is 6. The number of fused-ring (bicyclic) bond motifs is 1. The van der Waals surface area contributed by atoms with Crippen LogP contribution in [-0.2, 0) is 13.0 Å². The van der Waals surface area contributed by atoms with Crippen LogP contribution in [0.5, 0.6) is 0 Å². The highest BCUT2D eigenvalue weighted by Gasteiger charge is 2.21. The zero-order chi connectivity index (χ0) is 17.2. The third-order valence-corrected chi connectivity index (χ3v) is 6.85. The van der Waals surface area contributed by atoms with Crippen molar-refractivity contribution >= 4 is 49.4 Å². The van der Waals surface area contributed by atoms with Gasteiger partial charge in [-0.2, -0.15) is 4.37 Å². The van der Waals surface area contributed by atoms with Gasteiger partial charge in [-0.25, -0.2) is 0 Å². The Bertz CT molecular complexity index is 955. The van der Waals surface area contributed by atoms with Gasteiger partial charge < -0.3 is 11.1 Å². The topological polar surface area (TPSA) is 63.8 Å². The summed E-state index contributed by atoms with van der Waals surface area (Å²) in [4.78, 5) is 7.13. The monoisotopic (exact) mass is 386 g/mol. The van der Waals surface area contributed by atoms with E-state index in [4.69, 9.17) is 10.1 Å². The number of nitrogens with one attached hydrogen (secondary N) is 1. The van der Waals surface area contributed by atoms with Gasteiger partial charge in [0.25, 0.3) is 0 Å². The SMILES string of the molecule is C[C@H](N)Cc1sc2c(NCc3cccs3)snc2c1-c1ccccn1. The van der Waals surface area contributed by atoms with Gasteiger partial charge in [0, 0.05) is 27.6 Å². The quantitative estimate of drug-likeness (QED) is 0.490.